The van der Waals surface area contributed by atoms with Crippen molar-refractivity contribution in [3.05, 3.63) is 40.2 Å². The number of aromatic nitrogens is 1. The molecule has 0 radical (unpaired) electrons. The van der Waals surface area contributed by atoms with Gasteiger partial charge in [0.15, 0.2) is 0 Å². The van der Waals surface area contributed by atoms with Crippen molar-refractivity contribution in [2.75, 3.05) is 19.8 Å². The molecule has 0 saturated carbocycles. The minimum Gasteiger partial charge on any atom is -0.467 e. The topological polar surface area (TPSA) is 58.7 Å². The van der Waals surface area contributed by atoms with Gasteiger partial charge in [0.25, 0.3) is 0 Å². The Morgan fingerprint density at radius 3 is 3.19 bits per heavy atom. The van der Waals surface area contributed by atoms with Crippen LogP contribution in [0.15, 0.2) is 28.2 Å². The van der Waals surface area contributed by atoms with Gasteiger partial charge in [0, 0.05) is 24.5 Å². The van der Waals surface area contributed by atoms with Crippen LogP contribution in [-0.2, 0) is 11.3 Å². The first-order chi connectivity index (χ1) is 10.2. The van der Waals surface area contributed by atoms with E-state index in [4.69, 9.17) is 9.15 Å². The van der Waals surface area contributed by atoms with Gasteiger partial charge >= 0.3 is 0 Å². The van der Waals surface area contributed by atoms with Gasteiger partial charge in [-0.2, -0.15) is 0 Å². The van der Waals surface area contributed by atoms with Gasteiger partial charge in [-0.3, -0.25) is 4.90 Å². The highest BCUT2D eigenvalue weighted by molar-refractivity contribution is 7.09. The highest BCUT2D eigenvalue weighted by Crippen LogP contribution is 2.24. The Kier molecular flexibility index (Phi) is 4.70. The van der Waals surface area contributed by atoms with Crippen LogP contribution in [0.4, 0.5) is 0 Å². The third kappa shape index (κ3) is 3.71. The fourth-order valence-corrected chi connectivity index (χ4v) is 3.26. The number of furan rings is 1. The molecule has 2 aromatic heterocycles. The number of aryl methyl sites for hydroxylation is 1. The van der Waals surface area contributed by atoms with E-state index < -0.39 is 6.10 Å². The molecule has 3 heterocycles. The average molecular weight is 308 g/mol. The van der Waals surface area contributed by atoms with E-state index in [-0.39, 0.29) is 6.04 Å². The molecule has 3 rings (SSSR count). The van der Waals surface area contributed by atoms with Crippen molar-refractivity contribution in [2.45, 2.75) is 32.0 Å². The molecule has 21 heavy (non-hydrogen) atoms. The molecule has 5 nitrogen and oxygen atoms in total. The van der Waals surface area contributed by atoms with Crippen LogP contribution in [-0.4, -0.2) is 40.8 Å². The van der Waals surface area contributed by atoms with Crippen LogP contribution < -0.4 is 0 Å². The molecule has 0 amide bonds. The Morgan fingerprint density at radius 2 is 2.48 bits per heavy atom. The van der Waals surface area contributed by atoms with Gasteiger partial charge in [0.2, 0.25) is 0 Å². The SMILES string of the molecule is Cc1nc(CN2CCOCC2CC(O)c2ccco2)cs1. The smallest absolute Gasteiger partial charge is 0.132 e. The maximum atomic E-state index is 10.3. The normalized spacial score (nSPS) is 21.5. The molecule has 0 bridgehead atoms. The maximum Gasteiger partial charge on any atom is 0.132 e. The highest BCUT2D eigenvalue weighted by Gasteiger charge is 2.27. The third-order valence-corrected chi connectivity index (χ3v) is 4.57. The summed E-state index contributed by atoms with van der Waals surface area (Å²) in [5.41, 5.74) is 1.09. The van der Waals surface area contributed by atoms with Gasteiger partial charge in [0.05, 0.1) is 30.2 Å². The number of nitrogens with zero attached hydrogens (tertiary/aromatic N) is 2. The maximum absolute atomic E-state index is 10.3. The number of aliphatic hydroxyl groups is 1. The zero-order chi connectivity index (χ0) is 14.7. The number of thiazole rings is 1. The van der Waals surface area contributed by atoms with Crippen molar-refractivity contribution in [1.82, 2.24) is 9.88 Å². The van der Waals surface area contributed by atoms with Crippen molar-refractivity contribution < 1.29 is 14.3 Å². The lowest BCUT2D eigenvalue weighted by molar-refractivity contribution is -0.0327. The molecule has 114 valence electrons. The summed E-state index contributed by atoms with van der Waals surface area (Å²) in [6.07, 6.45) is 1.61. The van der Waals surface area contributed by atoms with Crippen LogP contribution in [0, 0.1) is 6.92 Å². The van der Waals surface area contributed by atoms with Crippen molar-refractivity contribution in [2.24, 2.45) is 0 Å². The Morgan fingerprint density at radius 1 is 1.57 bits per heavy atom. The summed E-state index contributed by atoms with van der Waals surface area (Å²) in [4.78, 5) is 6.86. The van der Waals surface area contributed by atoms with E-state index in [0.29, 0.717) is 18.8 Å². The van der Waals surface area contributed by atoms with Gasteiger partial charge < -0.3 is 14.3 Å². The molecule has 0 spiro atoms. The fraction of sp³-hybridized carbons (Fsp3) is 0.533. The van der Waals surface area contributed by atoms with Crippen LogP contribution in [0.1, 0.15) is 29.0 Å². The summed E-state index contributed by atoms with van der Waals surface area (Å²) in [5.74, 6) is 0.616. The second-order valence-electron chi connectivity index (χ2n) is 5.32. The predicted molar refractivity (Wildman–Crippen MR) is 80.2 cm³/mol. The summed E-state index contributed by atoms with van der Waals surface area (Å²) >= 11 is 1.67. The van der Waals surface area contributed by atoms with Gasteiger partial charge in [-0.15, -0.1) is 11.3 Å². The first-order valence-electron chi connectivity index (χ1n) is 7.16. The molecule has 2 aromatic rings. The summed E-state index contributed by atoms with van der Waals surface area (Å²) in [5, 5.41) is 13.5. The van der Waals surface area contributed by atoms with E-state index in [9.17, 15) is 5.11 Å². The van der Waals surface area contributed by atoms with E-state index in [2.05, 4.69) is 15.3 Å². The van der Waals surface area contributed by atoms with Crippen LogP contribution in [0.2, 0.25) is 0 Å². The lowest BCUT2D eigenvalue weighted by Gasteiger charge is -2.35. The van der Waals surface area contributed by atoms with Gasteiger partial charge in [-0.05, 0) is 25.5 Å². The molecular formula is C15H20N2O3S. The monoisotopic (exact) mass is 308 g/mol. The van der Waals surface area contributed by atoms with Crippen molar-refractivity contribution >= 4 is 11.3 Å². The first kappa shape index (κ1) is 14.7. The van der Waals surface area contributed by atoms with Gasteiger partial charge in [-0.1, -0.05) is 0 Å². The van der Waals surface area contributed by atoms with E-state index >= 15 is 0 Å². The summed E-state index contributed by atoms with van der Waals surface area (Å²) < 4.78 is 10.8. The molecule has 2 atom stereocenters. The standard InChI is InChI=1S/C15H20N2O3S/c1-11-16-12(10-21-11)8-17-4-6-19-9-13(17)7-14(18)15-3-2-5-20-15/h2-3,5,10,13-14,18H,4,6-9H2,1H3. The number of hydrogen-bond donors (Lipinski definition) is 1. The van der Waals surface area contributed by atoms with Crippen LogP contribution >= 0.6 is 11.3 Å². The Bertz CT molecular complexity index is 555. The molecule has 6 heteroatoms. The van der Waals surface area contributed by atoms with E-state index in [1.54, 1.807) is 23.7 Å². The van der Waals surface area contributed by atoms with E-state index in [0.717, 1.165) is 30.4 Å². The minimum atomic E-state index is -0.591. The number of aliphatic hydroxyl groups excluding tert-OH is 1. The summed E-state index contributed by atoms with van der Waals surface area (Å²) in [6.45, 7) is 5.07. The number of ether oxygens (including phenoxy) is 1. The number of hydrogen-bond acceptors (Lipinski definition) is 6. The average Bonchev–Trinajstić information content (AvgIpc) is 3.13. The minimum absolute atomic E-state index is 0.181. The van der Waals surface area contributed by atoms with Gasteiger partial charge in [0.1, 0.15) is 11.9 Å². The van der Waals surface area contributed by atoms with E-state index in [1.807, 2.05) is 13.0 Å². The zero-order valence-corrected chi connectivity index (χ0v) is 12.9. The van der Waals surface area contributed by atoms with Crippen molar-refractivity contribution in [3.63, 3.8) is 0 Å². The molecule has 1 aliphatic rings. The molecule has 1 N–H and O–H groups in total. The molecular weight excluding hydrogens is 288 g/mol. The van der Waals surface area contributed by atoms with Crippen LogP contribution in [0.25, 0.3) is 0 Å². The largest absolute Gasteiger partial charge is 0.467 e. The lowest BCUT2D eigenvalue weighted by Crippen LogP contribution is -2.45. The quantitative estimate of drug-likeness (QED) is 0.919. The molecule has 2 unspecified atom stereocenters. The summed E-state index contributed by atoms with van der Waals surface area (Å²) in [7, 11) is 0. The Balaban J connectivity index is 1.63. The fourth-order valence-electron chi connectivity index (χ4n) is 2.66. The number of morpholine rings is 1. The number of rotatable bonds is 5. The lowest BCUT2D eigenvalue weighted by atomic mass is 10.1. The highest BCUT2D eigenvalue weighted by atomic mass is 32.1. The molecule has 1 fully saturated rings. The third-order valence-electron chi connectivity index (χ3n) is 3.75. The molecule has 1 aliphatic heterocycles. The van der Waals surface area contributed by atoms with Crippen LogP contribution in [0.5, 0.6) is 0 Å². The molecule has 0 aromatic carbocycles. The second kappa shape index (κ2) is 6.70. The van der Waals surface area contributed by atoms with Crippen molar-refractivity contribution in [1.29, 1.82) is 0 Å². The van der Waals surface area contributed by atoms with E-state index in [1.165, 1.54) is 0 Å². The Hall–Kier alpha value is -1.21. The molecule has 1 saturated heterocycles. The van der Waals surface area contributed by atoms with Crippen molar-refractivity contribution in [3.8, 4) is 0 Å². The van der Waals surface area contributed by atoms with Gasteiger partial charge in [-0.25, -0.2) is 4.98 Å². The first-order valence-corrected chi connectivity index (χ1v) is 8.04. The van der Waals surface area contributed by atoms with Crippen LogP contribution in [0.3, 0.4) is 0 Å². The molecule has 0 aliphatic carbocycles. The summed E-state index contributed by atoms with van der Waals surface area (Å²) in [6, 6.07) is 3.79. The predicted octanol–water partition coefficient (Wildman–Crippen LogP) is 2.37. The second-order valence-corrected chi connectivity index (χ2v) is 6.39. The zero-order valence-electron chi connectivity index (χ0n) is 12.1. The Labute approximate surface area is 128 Å².